The van der Waals surface area contributed by atoms with Gasteiger partial charge in [-0.05, 0) is 55.2 Å². The molecule has 0 aliphatic carbocycles. The number of carbonyl (C=O) groups is 1. The molecule has 0 saturated carbocycles. The summed E-state index contributed by atoms with van der Waals surface area (Å²) in [5.41, 5.74) is 1.25. The Morgan fingerprint density at radius 1 is 1.19 bits per heavy atom. The van der Waals surface area contributed by atoms with E-state index in [1.165, 1.54) is 28.6 Å². The lowest BCUT2D eigenvalue weighted by atomic mass is 10.0. The number of piperidine rings is 1. The van der Waals surface area contributed by atoms with E-state index < -0.39 is 15.9 Å². The third-order valence-electron chi connectivity index (χ3n) is 5.44. The van der Waals surface area contributed by atoms with Gasteiger partial charge in [-0.1, -0.05) is 36.5 Å². The van der Waals surface area contributed by atoms with Crippen LogP contribution < -0.4 is 5.32 Å². The van der Waals surface area contributed by atoms with Crippen LogP contribution in [0.1, 0.15) is 46.1 Å². The minimum absolute atomic E-state index is 0.128. The summed E-state index contributed by atoms with van der Waals surface area (Å²) in [5.74, 6) is -0.950. The smallest absolute Gasteiger partial charge is 0.286 e. The number of benzene rings is 2. The highest BCUT2D eigenvalue weighted by atomic mass is 32.2. The van der Waals surface area contributed by atoms with Crippen molar-refractivity contribution >= 4 is 33.0 Å². The zero-order valence-electron chi connectivity index (χ0n) is 17.5. The van der Waals surface area contributed by atoms with Gasteiger partial charge < -0.3 is 5.32 Å². The van der Waals surface area contributed by atoms with Gasteiger partial charge >= 0.3 is 0 Å². The quantitative estimate of drug-likeness (QED) is 0.582. The second-order valence-corrected chi connectivity index (χ2v) is 10.5. The number of nitrogens with one attached hydrogen (secondary N) is 1. The molecule has 0 spiro atoms. The van der Waals surface area contributed by atoms with E-state index in [1.54, 1.807) is 12.1 Å². The molecule has 1 aliphatic heterocycles. The molecule has 1 amide bonds. The van der Waals surface area contributed by atoms with Crippen molar-refractivity contribution in [3.63, 3.8) is 0 Å². The van der Waals surface area contributed by atoms with Gasteiger partial charge in [-0.15, -0.1) is 10.2 Å². The molecule has 0 unspecified atom stereocenters. The molecule has 7 nitrogen and oxygen atoms in total. The van der Waals surface area contributed by atoms with E-state index in [0.29, 0.717) is 41.5 Å². The van der Waals surface area contributed by atoms with Gasteiger partial charge in [0.15, 0.2) is 0 Å². The molecular weight excluding hydrogens is 451 g/mol. The first-order valence-electron chi connectivity index (χ1n) is 10.4. The van der Waals surface area contributed by atoms with E-state index >= 15 is 0 Å². The Morgan fingerprint density at radius 2 is 1.94 bits per heavy atom. The summed E-state index contributed by atoms with van der Waals surface area (Å²) in [6.07, 6.45) is 2.11. The van der Waals surface area contributed by atoms with Gasteiger partial charge in [0.2, 0.25) is 15.0 Å². The van der Waals surface area contributed by atoms with Crippen LogP contribution in [-0.4, -0.2) is 41.9 Å². The maximum atomic E-state index is 13.3. The van der Waals surface area contributed by atoms with Crippen LogP contribution in [0.3, 0.4) is 0 Å². The topological polar surface area (TPSA) is 92.3 Å². The molecule has 32 heavy (non-hydrogen) atoms. The van der Waals surface area contributed by atoms with Crippen molar-refractivity contribution in [2.24, 2.45) is 0 Å². The predicted molar refractivity (Wildman–Crippen MR) is 121 cm³/mol. The van der Waals surface area contributed by atoms with Crippen molar-refractivity contribution < 1.29 is 17.6 Å². The molecule has 10 heteroatoms. The average molecular weight is 475 g/mol. The van der Waals surface area contributed by atoms with Crippen LogP contribution in [0.15, 0.2) is 53.4 Å². The molecule has 1 aliphatic rings. The van der Waals surface area contributed by atoms with Gasteiger partial charge in [0.1, 0.15) is 10.8 Å². The number of nitrogens with zero attached hydrogens (tertiary/aromatic N) is 3. The number of anilines is 1. The Hall–Kier alpha value is -2.69. The zero-order chi connectivity index (χ0) is 22.7. The van der Waals surface area contributed by atoms with E-state index in [-0.39, 0.29) is 16.7 Å². The monoisotopic (exact) mass is 474 g/mol. The van der Waals surface area contributed by atoms with Gasteiger partial charge in [-0.2, -0.15) is 4.31 Å². The number of sulfonamides is 1. The molecular formula is C22H23FN4O3S2. The first-order valence-corrected chi connectivity index (χ1v) is 12.6. The van der Waals surface area contributed by atoms with Crippen LogP contribution in [-0.2, 0) is 16.4 Å². The number of carbonyl (C=O) groups excluding carboxylic acids is 1. The Balaban J connectivity index is 1.49. The fraction of sp³-hybridized carbons (Fsp3) is 0.318. The van der Waals surface area contributed by atoms with Crippen molar-refractivity contribution in [2.75, 3.05) is 18.4 Å². The van der Waals surface area contributed by atoms with E-state index in [0.717, 1.165) is 23.3 Å². The Kier molecular flexibility index (Phi) is 6.63. The molecule has 0 radical (unpaired) electrons. The fourth-order valence-electron chi connectivity index (χ4n) is 3.76. The lowest BCUT2D eigenvalue weighted by Gasteiger charge is -2.31. The first-order chi connectivity index (χ1) is 15.4. The molecule has 1 atom stereocenters. The molecule has 1 saturated heterocycles. The molecule has 1 N–H and O–H groups in total. The zero-order valence-corrected chi connectivity index (χ0v) is 19.1. The van der Waals surface area contributed by atoms with E-state index in [2.05, 4.69) is 15.5 Å². The lowest BCUT2D eigenvalue weighted by molar-refractivity contribution is 0.102. The molecule has 168 valence electrons. The van der Waals surface area contributed by atoms with Crippen molar-refractivity contribution in [2.45, 2.75) is 37.0 Å². The molecule has 4 rings (SSSR count). The highest BCUT2D eigenvalue weighted by molar-refractivity contribution is 7.89. The van der Waals surface area contributed by atoms with Crippen molar-refractivity contribution in [3.8, 4) is 0 Å². The van der Waals surface area contributed by atoms with Gasteiger partial charge in [-0.25, -0.2) is 12.8 Å². The minimum Gasteiger partial charge on any atom is -0.320 e. The van der Waals surface area contributed by atoms with Gasteiger partial charge in [-0.3, -0.25) is 4.79 Å². The molecule has 1 fully saturated rings. The van der Waals surface area contributed by atoms with Crippen molar-refractivity contribution in [1.82, 2.24) is 14.5 Å². The number of hydrogen-bond acceptors (Lipinski definition) is 6. The first kappa shape index (κ1) is 22.5. The standard InChI is InChI=1S/C22H23FN4O3S2/c1-2-15-6-3-4-8-19(15)32(29,30)27-13-5-7-16(14-27)21-25-26-22(31-21)20(28)24-18-11-9-17(23)10-12-18/h3-4,6,8-12,16H,2,5,7,13-14H2,1H3,(H,24,28)/t16-/m1/s1. The summed E-state index contributed by atoms with van der Waals surface area (Å²) in [5, 5.41) is 11.6. The van der Waals surface area contributed by atoms with Crippen LogP contribution in [0.2, 0.25) is 0 Å². The predicted octanol–water partition coefficient (Wildman–Crippen LogP) is 4.06. The molecule has 1 aromatic heterocycles. The van der Waals surface area contributed by atoms with Gasteiger partial charge in [0.25, 0.3) is 5.91 Å². The summed E-state index contributed by atoms with van der Waals surface area (Å²) >= 11 is 1.16. The van der Waals surface area contributed by atoms with E-state index in [1.807, 2.05) is 19.1 Å². The highest BCUT2D eigenvalue weighted by Crippen LogP contribution is 2.32. The van der Waals surface area contributed by atoms with E-state index in [9.17, 15) is 17.6 Å². The van der Waals surface area contributed by atoms with Crippen LogP contribution in [0.5, 0.6) is 0 Å². The van der Waals surface area contributed by atoms with E-state index in [4.69, 9.17) is 0 Å². The third-order valence-corrected chi connectivity index (χ3v) is 8.49. The summed E-state index contributed by atoms with van der Waals surface area (Å²) in [4.78, 5) is 12.8. The Bertz CT molecular complexity index is 1210. The highest BCUT2D eigenvalue weighted by Gasteiger charge is 2.33. The Labute approximate surface area is 190 Å². The lowest BCUT2D eigenvalue weighted by Crippen LogP contribution is -2.39. The number of rotatable bonds is 6. The summed E-state index contributed by atoms with van der Waals surface area (Å²) < 4.78 is 41.1. The number of hydrogen-bond donors (Lipinski definition) is 1. The van der Waals surface area contributed by atoms with Gasteiger partial charge in [0, 0.05) is 24.7 Å². The number of halogens is 1. The van der Waals surface area contributed by atoms with Crippen LogP contribution in [0.25, 0.3) is 0 Å². The summed E-state index contributed by atoms with van der Waals surface area (Å²) in [7, 11) is -3.62. The van der Waals surface area contributed by atoms with Gasteiger partial charge in [0.05, 0.1) is 4.90 Å². The summed E-state index contributed by atoms with van der Waals surface area (Å²) in [6.45, 7) is 2.69. The second-order valence-electron chi connectivity index (χ2n) is 7.57. The molecule has 3 aromatic rings. The third kappa shape index (κ3) is 4.72. The largest absolute Gasteiger partial charge is 0.320 e. The molecule has 0 bridgehead atoms. The maximum Gasteiger partial charge on any atom is 0.286 e. The van der Waals surface area contributed by atoms with Crippen LogP contribution >= 0.6 is 11.3 Å². The SMILES string of the molecule is CCc1ccccc1S(=O)(=O)N1CCC[C@@H](c2nnc(C(=O)Nc3ccc(F)cc3)s2)C1. The van der Waals surface area contributed by atoms with Crippen molar-refractivity contribution in [1.29, 1.82) is 0 Å². The summed E-state index contributed by atoms with van der Waals surface area (Å²) in [6, 6.07) is 12.5. The molecule has 2 aromatic carbocycles. The Morgan fingerprint density at radius 3 is 2.69 bits per heavy atom. The normalized spacial score (nSPS) is 17.2. The van der Waals surface area contributed by atoms with Crippen LogP contribution in [0, 0.1) is 5.82 Å². The number of aryl methyl sites for hydroxylation is 1. The fourth-order valence-corrected chi connectivity index (χ4v) is 6.44. The average Bonchev–Trinajstić information content (AvgIpc) is 3.31. The number of amides is 1. The maximum absolute atomic E-state index is 13.3. The molecule has 2 heterocycles. The number of aromatic nitrogens is 2. The second kappa shape index (κ2) is 9.43. The minimum atomic E-state index is -3.62. The van der Waals surface area contributed by atoms with Crippen LogP contribution in [0.4, 0.5) is 10.1 Å². The van der Waals surface area contributed by atoms with Crippen molar-refractivity contribution in [3.05, 3.63) is 69.9 Å².